The fraction of sp³-hybridized carbons (Fsp3) is 0.273. The number of carbonyl (C=O) groups is 2. The summed E-state index contributed by atoms with van der Waals surface area (Å²) >= 11 is 0. The van der Waals surface area contributed by atoms with Crippen molar-refractivity contribution in [1.82, 2.24) is 10.6 Å². The number of benzene rings is 1. The summed E-state index contributed by atoms with van der Waals surface area (Å²) in [5.74, 6) is -1.74. The third-order valence-electron chi connectivity index (χ3n) is 1.99. The molecule has 0 aromatic heterocycles. The van der Waals surface area contributed by atoms with Crippen LogP contribution < -0.4 is 10.6 Å². The van der Waals surface area contributed by atoms with Crippen LogP contribution in [0.4, 0.5) is 4.39 Å². The molecule has 0 saturated heterocycles. The van der Waals surface area contributed by atoms with Gasteiger partial charge in [-0.2, -0.15) is 0 Å². The molecule has 0 aliphatic heterocycles. The van der Waals surface area contributed by atoms with Gasteiger partial charge in [0.05, 0.1) is 5.56 Å². The highest BCUT2D eigenvalue weighted by Gasteiger charge is 2.10. The fourth-order valence-electron chi connectivity index (χ4n) is 1.21. The van der Waals surface area contributed by atoms with Crippen molar-refractivity contribution in [2.75, 3.05) is 13.1 Å². The van der Waals surface area contributed by atoms with Gasteiger partial charge >= 0.3 is 0 Å². The lowest BCUT2D eigenvalue weighted by molar-refractivity contribution is -0.118. The first kappa shape index (κ1) is 13.0. The van der Waals surface area contributed by atoms with Gasteiger partial charge in [-0.1, -0.05) is 0 Å². The maximum atomic E-state index is 12.7. The molecule has 1 rings (SSSR count). The Morgan fingerprint density at radius 1 is 1.29 bits per heavy atom. The van der Waals surface area contributed by atoms with Gasteiger partial charge < -0.3 is 15.7 Å². The molecule has 0 bridgehead atoms. The van der Waals surface area contributed by atoms with Gasteiger partial charge in [0.2, 0.25) is 5.91 Å². The number of halogens is 1. The Labute approximate surface area is 97.6 Å². The minimum atomic E-state index is -0.614. The molecule has 5 nitrogen and oxygen atoms in total. The van der Waals surface area contributed by atoms with Crippen molar-refractivity contribution >= 4 is 11.8 Å². The molecule has 0 saturated carbocycles. The van der Waals surface area contributed by atoms with Crippen molar-refractivity contribution in [3.8, 4) is 5.75 Å². The first-order valence-corrected chi connectivity index (χ1v) is 5.02. The van der Waals surface area contributed by atoms with E-state index in [1.165, 1.54) is 13.0 Å². The normalized spacial score (nSPS) is 9.76. The van der Waals surface area contributed by atoms with Gasteiger partial charge in [-0.25, -0.2) is 4.39 Å². The average Bonchev–Trinajstić information content (AvgIpc) is 2.23. The van der Waals surface area contributed by atoms with Gasteiger partial charge in [0.15, 0.2) is 0 Å². The average molecular weight is 240 g/mol. The predicted molar refractivity (Wildman–Crippen MR) is 59.1 cm³/mol. The molecule has 0 aliphatic rings. The smallest absolute Gasteiger partial charge is 0.255 e. The van der Waals surface area contributed by atoms with Crippen LogP contribution in [-0.4, -0.2) is 30.0 Å². The van der Waals surface area contributed by atoms with Crippen LogP contribution in [0.1, 0.15) is 17.3 Å². The summed E-state index contributed by atoms with van der Waals surface area (Å²) in [6.45, 7) is 1.89. The number of rotatable bonds is 4. The molecular formula is C11H13FN2O3. The molecule has 17 heavy (non-hydrogen) atoms. The van der Waals surface area contributed by atoms with Crippen molar-refractivity contribution in [1.29, 1.82) is 0 Å². The van der Waals surface area contributed by atoms with Crippen LogP contribution in [0.15, 0.2) is 18.2 Å². The minimum Gasteiger partial charge on any atom is -0.507 e. The summed E-state index contributed by atoms with van der Waals surface area (Å²) in [5.41, 5.74) is -0.00535. The minimum absolute atomic E-state index is 0.00535. The van der Waals surface area contributed by atoms with Crippen LogP contribution in [-0.2, 0) is 4.79 Å². The Hall–Kier alpha value is -2.11. The summed E-state index contributed by atoms with van der Waals surface area (Å²) in [7, 11) is 0. The monoisotopic (exact) mass is 240 g/mol. The SMILES string of the molecule is CC(=O)NCCNC(=O)c1ccc(F)cc1O. The standard InChI is InChI=1S/C11H13FN2O3/c1-7(15)13-4-5-14-11(17)9-3-2-8(12)6-10(9)16/h2-3,6,16H,4-5H2,1H3,(H,13,15)(H,14,17). The van der Waals surface area contributed by atoms with Crippen LogP contribution >= 0.6 is 0 Å². The van der Waals surface area contributed by atoms with E-state index in [-0.39, 0.29) is 18.0 Å². The van der Waals surface area contributed by atoms with E-state index in [1.54, 1.807) is 0 Å². The third-order valence-corrected chi connectivity index (χ3v) is 1.99. The molecule has 0 atom stereocenters. The lowest BCUT2D eigenvalue weighted by Gasteiger charge is -2.07. The van der Waals surface area contributed by atoms with E-state index in [9.17, 15) is 19.1 Å². The number of hydrogen-bond acceptors (Lipinski definition) is 3. The van der Waals surface area contributed by atoms with Crippen molar-refractivity contribution in [3.05, 3.63) is 29.6 Å². The fourth-order valence-corrected chi connectivity index (χ4v) is 1.21. The van der Waals surface area contributed by atoms with E-state index in [0.717, 1.165) is 12.1 Å². The van der Waals surface area contributed by atoms with E-state index in [0.29, 0.717) is 6.54 Å². The largest absolute Gasteiger partial charge is 0.507 e. The van der Waals surface area contributed by atoms with Crippen LogP contribution in [0.5, 0.6) is 5.75 Å². The first-order valence-electron chi connectivity index (χ1n) is 5.02. The second-order valence-electron chi connectivity index (χ2n) is 3.40. The summed E-state index contributed by atoms with van der Waals surface area (Å²) in [6, 6.07) is 3.14. The number of carbonyl (C=O) groups excluding carboxylic acids is 2. The number of hydrogen-bond donors (Lipinski definition) is 3. The molecule has 1 aromatic rings. The summed E-state index contributed by atoms with van der Waals surface area (Å²) in [6.07, 6.45) is 0. The lowest BCUT2D eigenvalue weighted by atomic mass is 10.2. The van der Waals surface area contributed by atoms with Crippen molar-refractivity contribution < 1.29 is 19.1 Å². The third kappa shape index (κ3) is 4.10. The highest BCUT2D eigenvalue weighted by atomic mass is 19.1. The number of phenolic OH excluding ortho intramolecular Hbond substituents is 1. The van der Waals surface area contributed by atoms with Gasteiger partial charge in [-0.15, -0.1) is 0 Å². The Morgan fingerprint density at radius 2 is 1.94 bits per heavy atom. The topological polar surface area (TPSA) is 78.4 Å². The summed E-state index contributed by atoms with van der Waals surface area (Å²) < 4.78 is 12.7. The molecule has 6 heteroatoms. The zero-order valence-electron chi connectivity index (χ0n) is 9.29. The van der Waals surface area contributed by atoms with Crippen LogP contribution in [0.3, 0.4) is 0 Å². The summed E-state index contributed by atoms with van der Waals surface area (Å²) in [5, 5.41) is 14.3. The number of aromatic hydroxyl groups is 1. The van der Waals surface area contributed by atoms with Crippen molar-refractivity contribution in [2.24, 2.45) is 0 Å². The molecule has 92 valence electrons. The number of nitrogens with one attached hydrogen (secondary N) is 2. The molecule has 1 aromatic carbocycles. The summed E-state index contributed by atoms with van der Waals surface area (Å²) in [4.78, 5) is 22.1. The maximum Gasteiger partial charge on any atom is 0.255 e. The van der Waals surface area contributed by atoms with E-state index in [1.807, 2.05) is 0 Å². The van der Waals surface area contributed by atoms with E-state index in [4.69, 9.17) is 0 Å². The Morgan fingerprint density at radius 3 is 2.53 bits per heavy atom. The van der Waals surface area contributed by atoms with Crippen molar-refractivity contribution in [2.45, 2.75) is 6.92 Å². The van der Waals surface area contributed by atoms with Crippen LogP contribution in [0.2, 0.25) is 0 Å². The molecular weight excluding hydrogens is 227 g/mol. The number of amides is 2. The molecule has 0 aliphatic carbocycles. The van der Waals surface area contributed by atoms with Crippen LogP contribution in [0, 0.1) is 5.82 Å². The quantitative estimate of drug-likeness (QED) is 0.666. The van der Waals surface area contributed by atoms with E-state index >= 15 is 0 Å². The van der Waals surface area contributed by atoms with Gasteiger partial charge in [0.1, 0.15) is 11.6 Å². The molecule has 0 unspecified atom stereocenters. The van der Waals surface area contributed by atoms with Gasteiger partial charge in [0.25, 0.3) is 5.91 Å². The van der Waals surface area contributed by atoms with E-state index in [2.05, 4.69) is 10.6 Å². The van der Waals surface area contributed by atoms with E-state index < -0.39 is 17.5 Å². The van der Waals surface area contributed by atoms with Crippen molar-refractivity contribution in [3.63, 3.8) is 0 Å². The van der Waals surface area contributed by atoms with Crippen LogP contribution in [0.25, 0.3) is 0 Å². The molecule has 0 heterocycles. The molecule has 2 amide bonds. The van der Waals surface area contributed by atoms with Gasteiger partial charge in [-0.05, 0) is 12.1 Å². The zero-order chi connectivity index (χ0) is 12.8. The Balaban J connectivity index is 2.50. The highest BCUT2D eigenvalue weighted by molar-refractivity contribution is 5.96. The van der Waals surface area contributed by atoms with Gasteiger partial charge in [-0.3, -0.25) is 9.59 Å². The molecule has 0 spiro atoms. The maximum absolute atomic E-state index is 12.7. The van der Waals surface area contributed by atoms with Gasteiger partial charge in [0, 0.05) is 26.1 Å². The second-order valence-corrected chi connectivity index (χ2v) is 3.40. The molecule has 3 N–H and O–H groups in total. The lowest BCUT2D eigenvalue weighted by Crippen LogP contribution is -2.33. The second kappa shape index (κ2) is 5.83. The highest BCUT2D eigenvalue weighted by Crippen LogP contribution is 2.17. The Bertz CT molecular complexity index is 435. The molecule has 0 radical (unpaired) electrons. The predicted octanol–water partition coefficient (Wildman–Crippen LogP) is 0.397. The molecule has 0 fully saturated rings. The Kier molecular flexibility index (Phi) is 4.45. The number of phenols is 1. The zero-order valence-corrected chi connectivity index (χ0v) is 9.29. The first-order chi connectivity index (χ1) is 8.00.